The summed E-state index contributed by atoms with van der Waals surface area (Å²) in [5.41, 5.74) is 0.870. The molecule has 3 rings (SSSR count). The number of hydrogen-bond donors (Lipinski definition) is 1. The second-order valence-electron chi connectivity index (χ2n) is 5.37. The van der Waals surface area contributed by atoms with Crippen LogP contribution in [0.2, 0.25) is 0 Å². The molecule has 1 amide bonds. The fourth-order valence-corrected chi connectivity index (χ4v) is 2.65. The monoisotopic (exact) mass is 297 g/mol. The van der Waals surface area contributed by atoms with Crippen LogP contribution in [-0.2, 0) is 11.3 Å². The van der Waals surface area contributed by atoms with Gasteiger partial charge in [-0.2, -0.15) is 0 Å². The van der Waals surface area contributed by atoms with Gasteiger partial charge in [0.25, 0.3) is 0 Å². The number of nitrogens with one attached hydrogen (secondary N) is 1. The smallest absolute Gasteiger partial charge is 0.225 e. The van der Waals surface area contributed by atoms with E-state index in [9.17, 15) is 4.79 Å². The lowest BCUT2D eigenvalue weighted by Gasteiger charge is -2.31. The van der Waals surface area contributed by atoms with Crippen LogP contribution in [0.3, 0.4) is 0 Å². The van der Waals surface area contributed by atoms with Gasteiger partial charge in [-0.25, -0.2) is 9.97 Å². The standard InChI is InChI=1S/C16H19N5O/c22-15(20-11-14-6-1-2-7-17-14)13-5-3-10-21(12-13)16-18-8-4-9-19-16/h1-2,4,6-9,13H,3,5,10-12H2,(H,20,22). The molecule has 0 saturated carbocycles. The van der Waals surface area contributed by atoms with Crippen LogP contribution in [0, 0.1) is 5.92 Å². The molecule has 22 heavy (non-hydrogen) atoms. The number of nitrogens with zero attached hydrogens (tertiary/aromatic N) is 4. The number of piperidine rings is 1. The minimum absolute atomic E-state index is 0.0266. The fourth-order valence-electron chi connectivity index (χ4n) is 2.65. The van der Waals surface area contributed by atoms with Gasteiger partial charge in [0.15, 0.2) is 0 Å². The van der Waals surface area contributed by atoms with E-state index >= 15 is 0 Å². The summed E-state index contributed by atoms with van der Waals surface area (Å²) in [5, 5.41) is 2.97. The molecule has 1 saturated heterocycles. The van der Waals surface area contributed by atoms with Gasteiger partial charge < -0.3 is 10.2 Å². The fraction of sp³-hybridized carbons (Fsp3) is 0.375. The first-order valence-electron chi connectivity index (χ1n) is 7.52. The van der Waals surface area contributed by atoms with Gasteiger partial charge in [-0.15, -0.1) is 0 Å². The number of pyridine rings is 1. The maximum atomic E-state index is 12.3. The van der Waals surface area contributed by atoms with Crippen LogP contribution in [0.4, 0.5) is 5.95 Å². The Labute approximate surface area is 129 Å². The van der Waals surface area contributed by atoms with Gasteiger partial charge >= 0.3 is 0 Å². The largest absolute Gasteiger partial charge is 0.350 e. The van der Waals surface area contributed by atoms with Gasteiger partial charge in [-0.05, 0) is 31.0 Å². The molecule has 1 unspecified atom stereocenters. The highest BCUT2D eigenvalue weighted by molar-refractivity contribution is 5.79. The Morgan fingerprint density at radius 2 is 2.00 bits per heavy atom. The van der Waals surface area contributed by atoms with Crippen LogP contribution in [0.15, 0.2) is 42.9 Å². The maximum absolute atomic E-state index is 12.3. The maximum Gasteiger partial charge on any atom is 0.225 e. The Morgan fingerprint density at radius 3 is 2.77 bits per heavy atom. The molecule has 1 aliphatic rings. The molecule has 114 valence electrons. The predicted octanol–water partition coefficient (Wildman–Crippen LogP) is 1.40. The number of carbonyl (C=O) groups excluding carboxylic acids is 1. The molecule has 2 aromatic heterocycles. The summed E-state index contributed by atoms with van der Waals surface area (Å²) in [5.74, 6) is 0.747. The van der Waals surface area contributed by atoms with Crippen LogP contribution in [0.5, 0.6) is 0 Å². The Bertz CT molecular complexity index is 604. The molecule has 0 aromatic carbocycles. The molecular weight excluding hydrogens is 278 g/mol. The van der Waals surface area contributed by atoms with E-state index in [1.807, 2.05) is 18.2 Å². The molecule has 3 heterocycles. The summed E-state index contributed by atoms with van der Waals surface area (Å²) in [6.07, 6.45) is 7.06. The normalized spacial score (nSPS) is 18.0. The molecule has 0 spiro atoms. The summed E-state index contributed by atoms with van der Waals surface area (Å²) < 4.78 is 0. The van der Waals surface area contributed by atoms with Crippen LogP contribution in [0.25, 0.3) is 0 Å². The molecule has 0 radical (unpaired) electrons. The number of anilines is 1. The van der Waals surface area contributed by atoms with Crippen molar-refractivity contribution in [1.82, 2.24) is 20.3 Å². The number of rotatable bonds is 4. The molecule has 1 atom stereocenters. The molecule has 1 fully saturated rings. The first kappa shape index (κ1) is 14.4. The first-order valence-corrected chi connectivity index (χ1v) is 7.52. The van der Waals surface area contributed by atoms with Crippen molar-refractivity contribution in [3.05, 3.63) is 48.5 Å². The van der Waals surface area contributed by atoms with Crippen molar-refractivity contribution in [1.29, 1.82) is 0 Å². The van der Waals surface area contributed by atoms with Gasteiger partial charge in [0, 0.05) is 31.7 Å². The predicted molar refractivity (Wildman–Crippen MR) is 83.1 cm³/mol. The van der Waals surface area contributed by atoms with Crippen LogP contribution >= 0.6 is 0 Å². The van der Waals surface area contributed by atoms with E-state index in [2.05, 4.69) is 25.2 Å². The minimum atomic E-state index is -0.0266. The van der Waals surface area contributed by atoms with Crippen molar-refractivity contribution >= 4 is 11.9 Å². The van der Waals surface area contributed by atoms with Gasteiger partial charge in [0.1, 0.15) is 0 Å². The first-order chi connectivity index (χ1) is 10.8. The van der Waals surface area contributed by atoms with E-state index in [0.717, 1.165) is 25.1 Å². The average Bonchev–Trinajstić information content (AvgIpc) is 2.61. The van der Waals surface area contributed by atoms with Crippen molar-refractivity contribution in [2.75, 3.05) is 18.0 Å². The molecule has 6 nitrogen and oxygen atoms in total. The number of aromatic nitrogens is 3. The lowest BCUT2D eigenvalue weighted by Crippen LogP contribution is -2.43. The molecule has 1 aliphatic heterocycles. The van der Waals surface area contributed by atoms with E-state index in [0.29, 0.717) is 19.0 Å². The summed E-state index contributed by atoms with van der Waals surface area (Å²) >= 11 is 0. The number of carbonyl (C=O) groups is 1. The molecular formula is C16H19N5O. The zero-order valence-corrected chi connectivity index (χ0v) is 12.4. The van der Waals surface area contributed by atoms with E-state index in [-0.39, 0.29) is 11.8 Å². The van der Waals surface area contributed by atoms with Crippen molar-refractivity contribution in [2.24, 2.45) is 5.92 Å². The summed E-state index contributed by atoms with van der Waals surface area (Å²) in [6.45, 7) is 2.03. The van der Waals surface area contributed by atoms with E-state index in [1.165, 1.54) is 0 Å². The van der Waals surface area contributed by atoms with E-state index in [4.69, 9.17) is 0 Å². The van der Waals surface area contributed by atoms with Gasteiger partial charge in [0.05, 0.1) is 18.2 Å². The SMILES string of the molecule is O=C(NCc1ccccn1)C1CCCN(c2ncccn2)C1. The molecule has 2 aromatic rings. The molecule has 6 heteroatoms. The van der Waals surface area contributed by atoms with Crippen molar-refractivity contribution in [2.45, 2.75) is 19.4 Å². The molecule has 0 bridgehead atoms. The van der Waals surface area contributed by atoms with Crippen molar-refractivity contribution < 1.29 is 4.79 Å². The van der Waals surface area contributed by atoms with Gasteiger partial charge in [-0.1, -0.05) is 6.07 Å². The van der Waals surface area contributed by atoms with Crippen molar-refractivity contribution in [3.63, 3.8) is 0 Å². The highest BCUT2D eigenvalue weighted by atomic mass is 16.1. The van der Waals surface area contributed by atoms with Crippen molar-refractivity contribution in [3.8, 4) is 0 Å². The Morgan fingerprint density at radius 1 is 1.18 bits per heavy atom. The van der Waals surface area contributed by atoms with Crippen LogP contribution in [-0.4, -0.2) is 33.9 Å². The Kier molecular flexibility index (Phi) is 4.58. The molecule has 0 aliphatic carbocycles. The molecule has 1 N–H and O–H groups in total. The zero-order chi connectivity index (χ0) is 15.2. The third-order valence-electron chi connectivity index (χ3n) is 3.80. The second-order valence-corrected chi connectivity index (χ2v) is 5.37. The van der Waals surface area contributed by atoms with E-state index < -0.39 is 0 Å². The summed E-state index contributed by atoms with van der Waals surface area (Å²) in [7, 11) is 0. The highest BCUT2D eigenvalue weighted by Crippen LogP contribution is 2.20. The third-order valence-corrected chi connectivity index (χ3v) is 3.80. The van der Waals surface area contributed by atoms with Crippen LogP contribution < -0.4 is 10.2 Å². The summed E-state index contributed by atoms with van der Waals surface area (Å²) in [6, 6.07) is 7.49. The zero-order valence-electron chi connectivity index (χ0n) is 12.4. The van der Waals surface area contributed by atoms with E-state index in [1.54, 1.807) is 24.7 Å². The third kappa shape index (κ3) is 3.58. The number of amides is 1. The topological polar surface area (TPSA) is 71.0 Å². The number of hydrogen-bond acceptors (Lipinski definition) is 5. The lowest BCUT2D eigenvalue weighted by molar-refractivity contribution is -0.125. The van der Waals surface area contributed by atoms with Crippen LogP contribution in [0.1, 0.15) is 18.5 Å². The Balaban J connectivity index is 1.56. The highest BCUT2D eigenvalue weighted by Gasteiger charge is 2.26. The Hall–Kier alpha value is -2.50. The quantitative estimate of drug-likeness (QED) is 0.924. The second kappa shape index (κ2) is 6.98. The average molecular weight is 297 g/mol. The van der Waals surface area contributed by atoms with Gasteiger partial charge in [0.2, 0.25) is 11.9 Å². The minimum Gasteiger partial charge on any atom is -0.350 e. The summed E-state index contributed by atoms with van der Waals surface area (Å²) in [4.78, 5) is 27.2. The lowest BCUT2D eigenvalue weighted by atomic mass is 9.97. The van der Waals surface area contributed by atoms with Gasteiger partial charge in [-0.3, -0.25) is 9.78 Å².